The van der Waals surface area contributed by atoms with E-state index in [0.717, 1.165) is 5.52 Å². The van der Waals surface area contributed by atoms with Gasteiger partial charge in [-0.25, -0.2) is 14.4 Å². The minimum Gasteiger partial charge on any atom is -0.454 e. The normalized spacial score (nSPS) is 12.7. The number of fused-ring (bicyclic) bond motifs is 3. The molecular weight excluding hydrogens is 371 g/mol. The molecule has 0 radical (unpaired) electrons. The number of nitrogens with zero attached hydrogens (tertiary/aromatic N) is 4. The number of imidazole rings is 1. The zero-order valence-corrected chi connectivity index (χ0v) is 15.0. The lowest BCUT2D eigenvalue weighted by Gasteiger charge is -2.14. The summed E-state index contributed by atoms with van der Waals surface area (Å²) in [7, 11) is 0. The molecule has 2 aromatic carbocycles. The van der Waals surface area contributed by atoms with E-state index in [1.807, 2.05) is 30.3 Å². The van der Waals surface area contributed by atoms with E-state index in [0.29, 0.717) is 39.2 Å². The maximum absolute atomic E-state index is 15.9. The number of pyridine rings is 2. The second-order valence-corrected chi connectivity index (χ2v) is 6.69. The molecule has 0 unspecified atom stereocenters. The van der Waals surface area contributed by atoms with Crippen LogP contribution in [0.25, 0.3) is 38.9 Å². The second kappa shape index (κ2) is 6.00. The van der Waals surface area contributed by atoms with Crippen molar-refractivity contribution >= 4 is 21.9 Å². The van der Waals surface area contributed by atoms with Gasteiger partial charge in [-0.2, -0.15) is 0 Å². The first-order valence-corrected chi connectivity index (χ1v) is 9.05. The monoisotopic (exact) mass is 384 g/mol. The van der Waals surface area contributed by atoms with Gasteiger partial charge in [0, 0.05) is 17.1 Å². The summed E-state index contributed by atoms with van der Waals surface area (Å²) < 4.78 is 28.5. The summed E-state index contributed by atoms with van der Waals surface area (Å²) in [5.41, 5.74) is 3.41. The minimum absolute atomic E-state index is 0.159. The number of para-hydroxylation sites is 1. The van der Waals surface area contributed by atoms with Gasteiger partial charge in [0.2, 0.25) is 6.79 Å². The molecule has 0 aliphatic carbocycles. The average Bonchev–Trinajstić information content (AvgIpc) is 3.40. The van der Waals surface area contributed by atoms with E-state index in [-0.39, 0.29) is 12.5 Å². The van der Waals surface area contributed by atoms with E-state index < -0.39 is 5.82 Å². The SMILES string of the molecule is Fc1c(-c2ccc3c(c2)OCO3)nc2ccccc2c1-n1cnc2cnccc21. The Bertz CT molecular complexity index is 1410. The first-order valence-electron chi connectivity index (χ1n) is 9.05. The van der Waals surface area contributed by atoms with Crippen LogP contribution in [0.3, 0.4) is 0 Å². The number of halogens is 1. The zero-order valence-electron chi connectivity index (χ0n) is 15.0. The maximum atomic E-state index is 15.9. The summed E-state index contributed by atoms with van der Waals surface area (Å²) in [6.07, 6.45) is 4.94. The summed E-state index contributed by atoms with van der Waals surface area (Å²) in [6.45, 7) is 0.159. The van der Waals surface area contributed by atoms with Gasteiger partial charge in [-0.05, 0) is 30.3 Å². The summed E-state index contributed by atoms with van der Waals surface area (Å²) in [6, 6.07) is 14.6. The van der Waals surface area contributed by atoms with Crippen LogP contribution in [0.4, 0.5) is 4.39 Å². The number of hydrogen-bond donors (Lipinski definition) is 0. The third-order valence-electron chi connectivity index (χ3n) is 5.04. The Morgan fingerprint density at radius 2 is 1.86 bits per heavy atom. The number of aromatic nitrogens is 4. The fourth-order valence-electron chi connectivity index (χ4n) is 3.68. The van der Waals surface area contributed by atoms with Crippen LogP contribution in [0.5, 0.6) is 11.5 Å². The van der Waals surface area contributed by atoms with Gasteiger partial charge in [-0.15, -0.1) is 0 Å². The van der Waals surface area contributed by atoms with E-state index in [9.17, 15) is 0 Å². The Morgan fingerprint density at radius 1 is 0.966 bits per heavy atom. The molecule has 0 amide bonds. The van der Waals surface area contributed by atoms with Gasteiger partial charge >= 0.3 is 0 Å². The molecule has 140 valence electrons. The van der Waals surface area contributed by atoms with Crippen LogP contribution in [0.1, 0.15) is 0 Å². The number of hydrogen-bond acceptors (Lipinski definition) is 5. The summed E-state index contributed by atoms with van der Waals surface area (Å²) in [5.74, 6) is 0.791. The average molecular weight is 384 g/mol. The van der Waals surface area contributed by atoms with Gasteiger partial charge in [0.15, 0.2) is 17.3 Å². The highest BCUT2D eigenvalue weighted by Crippen LogP contribution is 2.38. The fourth-order valence-corrected chi connectivity index (χ4v) is 3.68. The lowest BCUT2D eigenvalue weighted by molar-refractivity contribution is 0.174. The molecular formula is C22H13FN4O2. The fraction of sp³-hybridized carbons (Fsp3) is 0.0455. The van der Waals surface area contributed by atoms with Crippen LogP contribution in [-0.2, 0) is 0 Å². The van der Waals surface area contributed by atoms with Crippen LogP contribution in [-0.4, -0.2) is 26.3 Å². The van der Waals surface area contributed by atoms with Gasteiger partial charge in [-0.3, -0.25) is 9.55 Å². The van der Waals surface area contributed by atoms with Gasteiger partial charge in [0.1, 0.15) is 17.5 Å². The predicted molar refractivity (Wildman–Crippen MR) is 106 cm³/mol. The number of ether oxygens (including phenoxy) is 2. The lowest BCUT2D eigenvalue weighted by Crippen LogP contribution is -2.02. The van der Waals surface area contributed by atoms with Crippen molar-refractivity contribution in [2.45, 2.75) is 0 Å². The lowest BCUT2D eigenvalue weighted by atomic mass is 10.1. The minimum atomic E-state index is -0.432. The predicted octanol–water partition coefficient (Wildman–Crippen LogP) is 4.50. The summed E-state index contributed by atoms with van der Waals surface area (Å²) in [5, 5.41) is 0.700. The van der Waals surface area contributed by atoms with Crippen LogP contribution in [0.15, 0.2) is 67.3 Å². The van der Waals surface area contributed by atoms with Gasteiger partial charge in [0.25, 0.3) is 0 Å². The molecule has 7 heteroatoms. The van der Waals surface area contributed by atoms with E-state index in [2.05, 4.69) is 15.0 Å². The molecule has 5 aromatic rings. The van der Waals surface area contributed by atoms with Crippen molar-refractivity contribution in [2.75, 3.05) is 6.79 Å². The van der Waals surface area contributed by atoms with Crippen molar-refractivity contribution in [2.24, 2.45) is 0 Å². The van der Waals surface area contributed by atoms with E-state index in [1.165, 1.54) is 0 Å². The topological polar surface area (TPSA) is 62.1 Å². The Morgan fingerprint density at radius 3 is 2.83 bits per heavy atom. The molecule has 3 aromatic heterocycles. The quantitative estimate of drug-likeness (QED) is 0.448. The molecule has 29 heavy (non-hydrogen) atoms. The van der Waals surface area contributed by atoms with Crippen LogP contribution in [0.2, 0.25) is 0 Å². The van der Waals surface area contributed by atoms with E-state index in [1.54, 1.807) is 41.5 Å². The third-order valence-corrected chi connectivity index (χ3v) is 5.04. The van der Waals surface area contributed by atoms with Crippen LogP contribution >= 0.6 is 0 Å². The Labute approximate surface area is 164 Å². The van der Waals surface area contributed by atoms with Crippen molar-refractivity contribution in [1.82, 2.24) is 19.5 Å². The van der Waals surface area contributed by atoms with Crippen molar-refractivity contribution in [3.05, 3.63) is 73.1 Å². The van der Waals surface area contributed by atoms with Crippen molar-refractivity contribution in [1.29, 1.82) is 0 Å². The summed E-state index contributed by atoms with van der Waals surface area (Å²) >= 11 is 0. The highest BCUT2D eigenvalue weighted by Gasteiger charge is 2.21. The van der Waals surface area contributed by atoms with Crippen molar-refractivity contribution < 1.29 is 13.9 Å². The second-order valence-electron chi connectivity index (χ2n) is 6.69. The Hall–Kier alpha value is -4.00. The molecule has 0 spiro atoms. The molecule has 1 aliphatic rings. The standard InChI is InChI=1S/C22H13FN4O2/c23-20-21(13-5-6-18-19(9-13)29-12-28-18)26-15-4-2-1-3-14(15)22(20)27-11-25-16-10-24-8-7-17(16)27/h1-11H,12H2. The van der Waals surface area contributed by atoms with Gasteiger partial charge < -0.3 is 9.47 Å². The molecule has 6 rings (SSSR count). The van der Waals surface area contributed by atoms with Crippen molar-refractivity contribution in [3.8, 4) is 28.4 Å². The van der Waals surface area contributed by atoms with Crippen LogP contribution in [0, 0.1) is 5.82 Å². The molecule has 0 atom stereocenters. The van der Waals surface area contributed by atoms with Gasteiger partial charge in [-0.1, -0.05) is 18.2 Å². The van der Waals surface area contributed by atoms with Crippen molar-refractivity contribution in [3.63, 3.8) is 0 Å². The molecule has 0 saturated carbocycles. The van der Waals surface area contributed by atoms with Crippen LogP contribution < -0.4 is 9.47 Å². The molecule has 4 heterocycles. The molecule has 0 N–H and O–H groups in total. The maximum Gasteiger partial charge on any atom is 0.231 e. The third kappa shape index (κ3) is 2.37. The Kier molecular flexibility index (Phi) is 3.31. The smallest absolute Gasteiger partial charge is 0.231 e. The zero-order chi connectivity index (χ0) is 19.4. The highest BCUT2D eigenvalue weighted by molar-refractivity contribution is 5.92. The summed E-state index contributed by atoms with van der Waals surface area (Å²) in [4.78, 5) is 13.1. The Balaban J connectivity index is 1.67. The first-order chi connectivity index (χ1) is 14.3. The van der Waals surface area contributed by atoms with Gasteiger partial charge in [0.05, 0.1) is 22.9 Å². The number of benzene rings is 2. The largest absolute Gasteiger partial charge is 0.454 e. The molecule has 1 aliphatic heterocycles. The number of rotatable bonds is 2. The molecule has 0 fully saturated rings. The highest BCUT2D eigenvalue weighted by atomic mass is 19.1. The molecule has 0 bridgehead atoms. The van der Waals surface area contributed by atoms with E-state index >= 15 is 4.39 Å². The molecule has 6 nitrogen and oxygen atoms in total. The first kappa shape index (κ1) is 16.0. The molecule has 0 saturated heterocycles. The van der Waals surface area contributed by atoms with E-state index in [4.69, 9.17) is 9.47 Å².